The molecule has 0 radical (unpaired) electrons. The van der Waals surface area contributed by atoms with Gasteiger partial charge in [-0.1, -0.05) is 12.1 Å². The first-order valence-corrected chi connectivity index (χ1v) is 8.70. The van der Waals surface area contributed by atoms with Gasteiger partial charge in [-0.05, 0) is 30.3 Å². The summed E-state index contributed by atoms with van der Waals surface area (Å²) in [5, 5.41) is 9.29. The fourth-order valence-electron chi connectivity index (χ4n) is 3.52. The topological polar surface area (TPSA) is 76.1 Å². The summed E-state index contributed by atoms with van der Waals surface area (Å²) >= 11 is 0. The van der Waals surface area contributed by atoms with Crippen LogP contribution in [0.15, 0.2) is 42.5 Å². The van der Waals surface area contributed by atoms with Crippen molar-refractivity contribution in [1.82, 2.24) is 4.90 Å². The second-order valence-electron chi connectivity index (χ2n) is 6.70. The molecule has 4 rings (SSSR count). The Kier molecular flexibility index (Phi) is 4.31. The number of amides is 1. The standard InChI is InChI=1S/C20H18FNO5/c21-14-5-6-17-13(11-14)12-26-20(27-17)7-9-22(10-8-20)18(23)15-3-1-2-4-16(15)19(24)25/h1-6,11H,7-10,12H2,(H,24,25). The minimum Gasteiger partial charge on any atom is -0.478 e. The number of nitrogens with zero attached hydrogens (tertiary/aromatic N) is 1. The largest absolute Gasteiger partial charge is 0.478 e. The Morgan fingerprint density at radius 3 is 2.48 bits per heavy atom. The zero-order valence-electron chi connectivity index (χ0n) is 14.5. The van der Waals surface area contributed by atoms with Crippen LogP contribution in [0, 0.1) is 5.82 Å². The van der Waals surface area contributed by atoms with Gasteiger partial charge in [0.25, 0.3) is 5.91 Å². The third-order valence-corrected chi connectivity index (χ3v) is 5.01. The minimum atomic E-state index is -1.13. The van der Waals surface area contributed by atoms with Gasteiger partial charge in [0, 0.05) is 31.5 Å². The maximum atomic E-state index is 13.3. The van der Waals surface area contributed by atoms with Gasteiger partial charge in [0.05, 0.1) is 17.7 Å². The molecule has 27 heavy (non-hydrogen) atoms. The zero-order chi connectivity index (χ0) is 19.0. The Morgan fingerprint density at radius 1 is 1.07 bits per heavy atom. The van der Waals surface area contributed by atoms with Gasteiger partial charge >= 0.3 is 5.97 Å². The van der Waals surface area contributed by atoms with E-state index < -0.39 is 11.8 Å². The smallest absolute Gasteiger partial charge is 0.336 e. The van der Waals surface area contributed by atoms with Crippen LogP contribution in [-0.2, 0) is 11.3 Å². The van der Waals surface area contributed by atoms with Gasteiger partial charge in [-0.3, -0.25) is 4.79 Å². The summed E-state index contributed by atoms with van der Waals surface area (Å²) in [6, 6.07) is 10.5. The van der Waals surface area contributed by atoms with Gasteiger partial charge in [-0.25, -0.2) is 9.18 Å². The molecule has 2 aliphatic heterocycles. The lowest BCUT2D eigenvalue weighted by molar-refractivity contribution is -0.225. The molecule has 0 aliphatic carbocycles. The van der Waals surface area contributed by atoms with Crippen molar-refractivity contribution < 1.29 is 28.6 Å². The molecule has 0 bridgehead atoms. The van der Waals surface area contributed by atoms with Crippen LogP contribution in [0.2, 0.25) is 0 Å². The number of ether oxygens (including phenoxy) is 2. The second kappa shape index (κ2) is 6.66. The highest BCUT2D eigenvalue weighted by Gasteiger charge is 2.42. The highest BCUT2D eigenvalue weighted by Crippen LogP contribution is 2.38. The number of aromatic carboxylic acids is 1. The third kappa shape index (κ3) is 3.26. The fraction of sp³-hybridized carbons (Fsp3) is 0.300. The lowest BCUT2D eigenvalue weighted by atomic mass is 9.99. The highest BCUT2D eigenvalue weighted by molar-refractivity contribution is 6.04. The molecule has 2 aromatic carbocycles. The van der Waals surface area contributed by atoms with Crippen molar-refractivity contribution in [2.75, 3.05) is 13.1 Å². The fourth-order valence-corrected chi connectivity index (χ4v) is 3.52. The molecular formula is C20H18FNO5. The monoisotopic (exact) mass is 371 g/mol. The molecule has 6 nitrogen and oxygen atoms in total. The predicted molar refractivity (Wildman–Crippen MR) is 93.1 cm³/mol. The number of rotatable bonds is 2. The molecule has 1 N–H and O–H groups in total. The van der Waals surface area contributed by atoms with Gasteiger partial charge in [0.15, 0.2) is 0 Å². The molecule has 140 valence electrons. The number of piperidine rings is 1. The Bertz CT molecular complexity index is 905. The quantitative estimate of drug-likeness (QED) is 0.878. The normalized spacial score (nSPS) is 17.9. The van der Waals surface area contributed by atoms with E-state index in [0.717, 1.165) is 0 Å². The summed E-state index contributed by atoms with van der Waals surface area (Å²) in [6.45, 7) is 1.01. The molecular weight excluding hydrogens is 353 g/mol. The molecule has 7 heteroatoms. The van der Waals surface area contributed by atoms with Gasteiger partial charge in [0.2, 0.25) is 5.79 Å². The SMILES string of the molecule is O=C(O)c1ccccc1C(=O)N1CCC2(CC1)OCc1cc(F)ccc1O2. The van der Waals surface area contributed by atoms with Crippen LogP contribution in [-0.4, -0.2) is 40.8 Å². The number of hydrogen-bond donors (Lipinski definition) is 1. The van der Waals surface area contributed by atoms with Crippen molar-refractivity contribution in [3.63, 3.8) is 0 Å². The Labute approximate surface area is 155 Å². The van der Waals surface area contributed by atoms with E-state index in [9.17, 15) is 19.1 Å². The summed E-state index contributed by atoms with van der Waals surface area (Å²) in [5.41, 5.74) is 0.825. The molecule has 0 aromatic heterocycles. The average Bonchev–Trinajstić information content (AvgIpc) is 2.68. The highest BCUT2D eigenvalue weighted by atomic mass is 19.1. The van der Waals surface area contributed by atoms with Crippen LogP contribution in [0.4, 0.5) is 4.39 Å². The lowest BCUT2D eigenvalue weighted by Crippen LogP contribution is -2.52. The molecule has 0 saturated carbocycles. The van der Waals surface area contributed by atoms with Crippen molar-refractivity contribution >= 4 is 11.9 Å². The number of halogens is 1. The first-order chi connectivity index (χ1) is 13.0. The summed E-state index contributed by atoms with van der Waals surface area (Å²) in [5.74, 6) is -2.03. The summed E-state index contributed by atoms with van der Waals surface area (Å²) < 4.78 is 25.2. The number of likely N-dealkylation sites (tertiary alicyclic amines) is 1. The van der Waals surface area contributed by atoms with E-state index >= 15 is 0 Å². The van der Waals surface area contributed by atoms with Gasteiger partial charge in [0.1, 0.15) is 11.6 Å². The van der Waals surface area contributed by atoms with Crippen LogP contribution in [0.1, 0.15) is 39.1 Å². The second-order valence-corrected chi connectivity index (χ2v) is 6.70. The number of carboxylic acid groups (broad SMARTS) is 1. The van der Waals surface area contributed by atoms with Crippen molar-refractivity contribution in [2.45, 2.75) is 25.2 Å². The third-order valence-electron chi connectivity index (χ3n) is 5.01. The Balaban J connectivity index is 1.47. The number of carbonyl (C=O) groups is 2. The van der Waals surface area contributed by atoms with Crippen molar-refractivity contribution in [1.29, 1.82) is 0 Å². The molecule has 2 aromatic rings. The van der Waals surface area contributed by atoms with E-state index in [-0.39, 0.29) is 29.5 Å². The maximum Gasteiger partial charge on any atom is 0.336 e. The van der Waals surface area contributed by atoms with Crippen molar-refractivity contribution in [3.8, 4) is 5.75 Å². The van der Waals surface area contributed by atoms with E-state index in [4.69, 9.17) is 9.47 Å². The molecule has 0 unspecified atom stereocenters. The first-order valence-electron chi connectivity index (χ1n) is 8.70. The van der Waals surface area contributed by atoms with Crippen LogP contribution >= 0.6 is 0 Å². The van der Waals surface area contributed by atoms with E-state index in [0.29, 0.717) is 37.2 Å². The van der Waals surface area contributed by atoms with E-state index in [1.807, 2.05) is 0 Å². The number of fused-ring (bicyclic) bond motifs is 1. The van der Waals surface area contributed by atoms with E-state index in [2.05, 4.69) is 0 Å². The minimum absolute atomic E-state index is 0.0103. The molecule has 1 amide bonds. The molecule has 2 heterocycles. The van der Waals surface area contributed by atoms with Crippen molar-refractivity contribution in [3.05, 3.63) is 65.0 Å². The van der Waals surface area contributed by atoms with Gasteiger partial charge in [-0.15, -0.1) is 0 Å². The molecule has 1 fully saturated rings. The van der Waals surface area contributed by atoms with E-state index in [1.165, 1.54) is 24.3 Å². The summed E-state index contributed by atoms with van der Waals surface area (Å²) in [6.07, 6.45) is 0.898. The van der Waals surface area contributed by atoms with Crippen LogP contribution in [0.25, 0.3) is 0 Å². The van der Waals surface area contributed by atoms with Crippen molar-refractivity contribution in [2.24, 2.45) is 0 Å². The molecule has 1 saturated heterocycles. The van der Waals surface area contributed by atoms with Crippen LogP contribution in [0.5, 0.6) is 5.75 Å². The maximum absolute atomic E-state index is 13.3. The summed E-state index contributed by atoms with van der Waals surface area (Å²) in [7, 11) is 0. The Hall–Kier alpha value is -2.93. The molecule has 0 atom stereocenters. The lowest BCUT2D eigenvalue weighted by Gasteiger charge is -2.44. The van der Waals surface area contributed by atoms with Gasteiger partial charge < -0.3 is 19.5 Å². The van der Waals surface area contributed by atoms with Crippen LogP contribution < -0.4 is 4.74 Å². The summed E-state index contributed by atoms with van der Waals surface area (Å²) in [4.78, 5) is 25.7. The Morgan fingerprint density at radius 2 is 1.78 bits per heavy atom. The van der Waals surface area contributed by atoms with E-state index in [1.54, 1.807) is 23.1 Å². The van der Waals surface area contributed by atoms with Gasteiger partial charge in [-0.2, -0.15) is 0 Å². The van der Waals surface area contributed by atoms with Crippen LogP contribution in [0.3, 0.4) is 0 Å². The number of carboxylic acids is 1. The first kappa shape index (κ1) is 17.5. The predicted octanol–water partition coefficient (Wildman–Crippen LogP) is 3.07. The number of hydrogen-bond acceptors (Lipinski definition) is 4. The molecule has 2 aliphatic rings. The molecule has 1 spiro atoms. The zero-order valence-corrected chi connectivity index (χ0v) is 14.5. The average molecular weight is 371 g/mol. The number of benzene rings is 2. The number of carbonyl (C=O) groups excluding carboxylic acids is 1.